The minimum atomic E-state index is -0.960. The van der Waals surface area contributed by atoms with E-state index in [1.807, 2.05) is 0 Å². The van der Waals surface area contributed by atoms with Crippen molar-refractivity contribution < 1.29 is 0 Å². The van der Waals surface area contributed by atoms with Gasteiger partial charge in [0.1, 0.15) is 0 Å². The van der Waals surface area contributed by atoms with Crippen molar-refractivity contribution in [2.45, 2.75) is 95.0 Å². The first-order chi connectivity index (χ1) is 13.7. The second-order valence-electron chi connectivity index (χ2n) is 9.47. The molecule has 0 nitrogen and oxygen atoms in total. The molecule has 1 aromatic rings. The molecule has 28 heavy (non-hydrogen) atoms. The van der Waals surface area contributed by atoms with Gasteiger partial charge in [0.2, 0.25) is 0 Å². The van der Waals surface area contributed by atoms with Crippen LogP contribution < -0.4 is 0 Å². The summed E-state index contributed by atoms with van der Waals surface area (Å²) in [6.07, 6.45) is 21.2. The van der Waals surface area contributed by atoms with E-state index in [0.717, 1.165) is 0 Å². The zero-order valence-electron chi connectivity index (χ0n) is 17.1. The molecule has 0 saturated heterocycles. The number of benzene rings is 1. The highest BCUT2D eigenvalue weighted by Crippen LogP contribution is 2.75. The molecule has 0 aliphatic heterocycles. The standard InChI is InChI=1S/C25H35Cl2P/c26-28(27)25(18-10-3-11-19-25)24(16-8-2-9-17-24)23-15-7-6-14-22(23)20-21-12-4-1-5-13-21/h1,4-5,12-13,20,23H,2-3,6-11,14-19H2/b22-20-. The van der Waals surface area contributed by atoms with E-state index in [0.29, 0.717) is 11.3 Å². The van der Waals surface area contributed by atoms with Crippen molar-refractivity contribution in [1.29, 1.82) is 0 Å². The van der Waals surface area contributed by atoms with Crippen LogP contribution in [0.15, 0.2) is 35.9 Å². The Labute approximate surface area is 182 Å². The Morgan fingerprint density at radius 2 is 1.43 bits per heavy atom. The topological polar surface area (TPSA) is 0 Å². The lowest BCUT2D eigenvalue weighted by atomic mass is 9.52. The fourth-order valence-electron chi connectivity index (χ4n) is 6.90. The van der Waals surface area contributed by atoms with Crippen molar-refractivity contribution >= 4 is 35.2 Å². The lowest BCUT2D eigenvalue weighted by Gasteiger charge is -2.60. The smallest absolute Gasteiger partial charge is 0.0775 e. The van der Waals surface area contributed by atoms with E-state index in [9.17, 15) is 0 Å². The van der Waals surface area contributed by atoms with Gasteiger partial charge in [0, 0.05) is 5.16 Å². The van der Waals surface area contributed by atoms with Crippen LogP contribution in [0.5, 0.6) is 0 Å². The maximum absolute atomic E-state index is 6.97. The van der Waals surface area contributed by atoms with Crippen LogP contribution in [0.25, 0.3) is 6.08 Å². The van der Waals surface area contributed by atoms with Gasteiger partial charge >= 0.3 is 0 Å². The van der Waals surface area contributed by atoms with Gasteiger partial charge in [-0.2, -0.15) is 0 Å². The third-order valence-corrected chi connectivity index (χ3v) is 11.6. The molecule has 1 aromatic carbocycles. The zero-order chi connectivity index (χ0) is 19.5. The van der Waals surface area contributed by atoms with Gasteiger partial charge in [-0.15, -0.1) is 0 Å². The van der Waals surface area contributed by atoms with Gasteiger partial charge in [0.05, 0.1) is 6.63 Å². The second kappa shape index (κ2) is 9.41. The summed E-state index contributed by atoms with van der Waals surface area (Å²) in [7, 11) is 0. The van der Waals surface area contributed by atoms with Gasteiger partial charge in [0.25, 0.3) is 0 Å². The minimum absolute atomic E-state index is 0.182. The summed E-state index contributed by atoms with van der Waals surface area (Å²) in [4.78, 5) is 0. The van der Waals surface area contributed by atoms with Crippen LogP contribution in [0.4, 0.5) is 0 Å². The van der Waals surface area contributed by atoms with Gasteiger partial charge in [0.15, 0.2) is 0 Å². The first-order valence-corrected chi connectivity index (χ1v) is 14.7. The lowest BCUT2D eigenvalue weighted by Crippen LogP contribution is -2.53. The van der Waals surface area contributed by atoms with Crippen LogP contribution in [0, 0.1) is 11.3 Å². The molecule has 0 aromatic heterocycles. The Morgan fingerprint density at radius 1 is 0.786 bits per heavy atom. The van der Waals surface area contributed by atoms with Gasteiger partial charge in [-0.05, 0) is 61.8 Å². The second-order valence-corrected chi connectivity index (χ2v) is 13.3. The Bertz CT molecular complexity index is 654. The third kappa shape index (κ3) is 3.96. The van der Waals surface area contributed by atoms with Crippen LogP contribution in [-0.2, 0) is 0 Å². The molecule has 0 bridgehead atoms. The van der Waals surface area contributed by atoms with E-state index >= 15 is 0 Å². The minimum Gasteiger partial charge on any atom is -0.0775 e. The molecule has 3 heteroatoms. The molecule has 0 N–H and O–H groups in total. The van der Waals surface area contributed by atoms with Crippen molar-refractivity contribution in [3.63, 3.8) is 0 Å². The third-order valence-electron chi connectivity index (χ3n) is 8.15. The van der Waals surface area contributed by atoms with Crippen LogP contribution in [0.1, 0.15) is 95.5 Å². The Balaban J connectivity index is 1.78. The van der Waals surface area contributed by atoms with Crippen LogP contribution in [-0.4, -0.2) is 5.16 Å². The van der Waals surface area contributed by atoms with Crippen molar-refractivity contribution in [2.24, 2.45) is 11.3 Å². The van der Waals surface area contributed by atoms with Gasteiger partial charge < -0.3 is 0 Å². The summed E-state index contributed by atoms with van der Waals surface area (Å²) in [5, 5.41) is 0.182. The van der Waals surface area contributed by atoms with Crippen molar-refractivity contribution in [3.05, 3.63) is 41.5 Å². The maximum atomic E-state index is 6.97. The van der Waals surface area contributed by atoms with E-state index in [-0.39, 0.29) is 5.16 Å². The molecule has 1 atom stereocenters. The van der Waals surface area contributed by atoms with Crippen molar-refractivity contribution in [1.82, 2.24) is 0 Å². The first-order valence-electron chi connectivity index (χ1n) is 11.6. The lowest BCUT2D eigenvalue weighted by molar-refractivity contribution is 0.0304. The average Bonchev–Trinajstić information content (AvgIpc) is 2.76. The highest BCUT2D eigenvalue weighted by molar-refractivity contribution is 8.04. The molecule has 0 spiro atoms. The fraction of sp³-hybridized carbons (Fsp3) is 0.680. The molecular formula is C25H35Cl2P. The molecule has 154 valence electrons. The zero-order valence-corrected chi connectivity index (χ0v) is 19.6. The molecule has 3 fully saturated rings. The number of hydrogen-bond acceptors (Lipinski definition) is 0. The number of halogens is 2. The average molecular weight is 437 g/mol. The predicted octanol–water partition coefficient (Wildman–Crippen LogP) is 9.70. The van der Waals surface area contributed by atoms with E-state index in [4.69, 9.17) is 22.5 Å². The SMILES string of the molecule is ClP(Cl)C1(C2(C3CCCC/C3=C/c3ccccc3)CCCCC2)CCCCC1. The van der Waals surface area contributed by atoms with Crippen molar-refractivity contribution in [3.8, 4) is 0 Å². The summed E-state index contributed by atoms with van der Waals surface area (Å²) in [6.45, 7) is -0.960. The Kier molecular flexibility index (Phi) is 7.13. The Hall–Kier alpha value is -0.0300. The molecule has 0 radical (unpaired) electrons. The van der Waals surface area contributed by atoms with Crippen LogP contribution in [0.3, 0.4) is 0 Å². The highest BCUT2D eigenvalue weighted by atomic mass is 35.9. The predicted molar refractivity (Wildman–Crippen MR) is 126 cm³/mol. The summed E-state index contributed by atoms with van der Waals surface area (Å²) in [5.74, 6) is 0.683. The maximum Gasteiger partial charge on any atom is 0.0923 e. The summed E-state index contributed by atoms with van der Waals surface area (Å²) in [5.41, 5.74) is 3.41. The molecular weight excluding hydrogens is 402 g/mol. The monoisotopic (exact) mass is 436 g/mol. The normalized spacial score (nSPS) is 29.1. The van der Waals surface area contributed by atoms with E-state index in [2.05, 4.69) is 36.4 Å². The summed E-state index contributed by atoms with van der Waals surface area (Å²) < 4.78 is 0. The fourth-order valence-corrected chi connectivity index (χ4v) is 10.3. The number of hydrogen-bond donors (Lipinski definition) is 0. The molecule has 0 heterocycles. The quantitative estimate of drug-likeness (QED) is 0.411. The van der Waals surface area contributed by atoms with Gasteiger partial charge in [-0.1, -0.05) is 109 Å². The Morgan fingerprint density at radius 3 is 2.07 bits per heavy atom. The van der Waals surface area contributed by atoms with Gasteiger partial charge in [-0.25, -0.2) is 0 Å². The van der Waals surface area contributed by atoms with E-state index < -0.39 is 6.63 Å². The molecule has 3 aliphatic rings. The largest absolute Gasteiger partial charge is 0.0923 e. The molecule has 4 rings (SSSR count). The van der Waals surface area contributed by atoms with E-state index in [1.54, 1.807) is 5.57 Å². The summed E-state index contributed by atoms with van der Waals surface area (Å²) >= 11 is 13.9. The first kappa shape index (κ1) is 21.2. The number of allylic oxidation sites excluding steroid dienone is 1. The summed E-state index contributed by atoms with van der Waals surface area (Å²) in [6, 6.07) is 11.0. The molecule has 3 saturated carbocycles. The molecule has 0 amide bonds. The molecule has 1 unspecified atom stereocenters. The van der Waals surface area contributed by atoms with Crippen LogP contribution >= 0.6 is 29.1 Å². The number of rotatable bonds is 4. The van der Waals surface area contributed by atoms with Gasteiger partial charge in [-0.3, -0.25) is 0 Å². The van der Waals surface area contributed by atoms with Crippen molar-refractivity contribution in [2.75, 3.05) is 0 Å². The highest BCUT2D eigenvalue weighted by Gasteiger charge is 2.59. The molecule has 3 aliphatic carbocycles. The van der Waals surface area contributed by atoms with E-state index in [1.165, 1.54) is 95.5 Å². The van der Waals surface area contributed by atoms with Crippen LogP contribution in [0.2, 0.25) is 0 Å².